The van der Waals surface area contributed by atoms with Crippen molar-refractivity contribution in [2.24, 2.45) is 11.8 Å². The van der Waals surface area contributed by atoms with E-state index in [0.29, 0.717) is 17.4 Å². The van der Waals surface area contributed by atoms with Crippen LogP contribution in [0, 0.1) is 29.5 Å². The number of aliphatic hydroxyl groups excluding tert-OH is 1. The van der Waals surface area contributed by atoms with E-state index in [1.807, 2.05) is 4.90 Å². The summed E-state index contributed by atoms with van der Waals surface area (Å²) in [6.07, 6.45) is 3.68. The molecule has 1 heterocycles. The Labute approximate surface area is 123 Å². The summed E-state index contributed by atoms with van der Waals surface area (Å²) in [5, 5.41) is 8.63. The van der Waals surface area contributed by atoms with Crippen molar-refractivity contribution in [1.29, 1.82) is 0 Å². The van der Waals surface area contributed by atoms with E-state index in [4.69, 9.17) is 5.11 Å². The fourth-order valence-electron chi connectivity index (χ4n) is 3.47. The van der Waals surface area contributed by atoms with Gasteiger partial charge in [0.25, 0.3) is 5.91 Å². The largest absolute Gasteiger partial charge is 0.384 e. The number of hydrogen-bond donors (Lipinski definition) is 1. The van der Waals surface area contributed by atoms with Crippen LogP contribution in [0.3, 0.4) is 0 Å². The lowest BCUT2D eigenvalue weighted by molar-refractivity contribution is 0.0780. The highest BCUT2D eigenvalue weighted by Crippen LogP contribution is 2.38. The molecule has 110 valence electrons. The Morgan fingerprint density at radius 2 is 2.05 bits per heavy atom. The first-order valence-electron chi connectivity index (χ1n) is 7.37. The summed E-state index contributed by atoms with van der Waals surface area (Å²) in [5.41, 5.74) is 0.584. The molecule has 1 saturated carbocycles. The molecule has 3 rings (SSSR count). The fraction of sp³-hybridized carbons (Fsp3) is 0.471. The summed E-state index contributed by atoms with van der Waals surface area (Å²) in [7, 11) is 0. The number of nitrogens with zero attached hydrogens (tertiary/aromatic N) is 1. The molecular formula is C17H18FNO2. The van der Waals surface area contributed by atoms with E-state index in [1.165, 1.54) is 31.4 Å². The number of benzene rings is 1. The number of carbonyl (C=O) groups is 1. The van der Waals surface area contributed by atoms with Crippen LogP contribution in [0.1, 0.15) is 35.2 Å². The third kappa shape index (κ3) is 2.79. The van der Waals surface area contributed by atoms with Gasteiger partial charge in [-0.2, -0.15) is 0 Å². The molecule has 0 spiro atoms. The zero-order chi connectivity index (χ0) is 14.8. The highest BCUT2D eigenvalue weighted by atomic mass is 19.1. The summed E-state index contributed by atoms with van der Waals surface area (Å²) in [6.45, 7) is 1.30. The minimum Gasteiger partial charge on any atom is -0.384 e. The lowest BCUT2D eigenvalue weighted by Gasteiger charge is -2.17. The van der Waals surface area contributed by atoms with Gasteiger partial charge in [-0.15, -0.1) is 0 Å². The summed E-state index contributed by atoms with van der Waals surface area (Å²) in [4.78, 5) is 14.3. The lowest BCUT2D eigenvalue weighted by Crippen LogP contribution is -2.29. The lowest BCUT2D eigenvalue weighted by atomic mass is 10.0. The van der Waals surface area contributed by atoms with Crippen LogP contribution in [0.2, 0.25) is 0 Å². The Kier molecular flexibility index (Phi) is 3.94. The number of aliphatic hydroxyl groups is 1. The second-order valence-corrected chi connectivity index (χ2v) is 5.82. The number of halogens is 1. The topological polar surface area (TPSA) is 40.5 Å². The van der Waals surface area contributed by atoms with Crippen molar-refractivity contribution in [2.75, 3.05) is 19.7 Å². The number of likely N-dealkylation sites (tertiary alicyclic amines) is 1. The van der Waals surface area contributed by atoms with Crippen LogP contribution in [-0.2, 0) is 0 Å². The highest BCUT2D eigenvalue weighted by Gasteiger charge is 2.38. The first-order valence-corrected chi connectivity index (χ1v) is 7.37. The number of fused-ring (bicyclic) bond motifs is 1. The molecule has 1 aliphatic heterocycles. The van der Waals surface area contributed by atoms with Crippen molar-refractivity contribution >= 4 is 5.91 Å². The van der Waals surface area contributed by atoms with Crippen molar-refractivity contribution in [1.82, 2.24) is 4.90 Å². The maximum absolute atomic E-state index is 13.9. The van der Waals surface area contributed by atoms with Gasteiger partial charge in [0.05, 0.1) is 5.56 Å². The van der Waals surface area contributed by atoms with Gasteiger partial charge in [-0.3, -0.25) is 4.79 Å². The molecule has 1 N–H and O–H groups in total. The number of carbonyl (C=O) groups excluding carboxylic acids is 1. The van der Waals surface area contributed by atoms with Gasteiger partial charge in [-0.05, 0) is 42.9 Å². The molecule has 1 aromatic carbocycles. The van der Waals surface area contributed by atoms with Gasteiger partial charge < -0.3 is 10.0 Å². The Morgan fingerprint density at radius 3 is 2.67 bits per heavy atom. The van der Waals surface area contributed by atoms with Gasteiger partial charge in [0.1, 0.15) is 12.4 Å². The second-order valence-electron chi connectivity index (χ2n) is 5.82. The Bertz CT molecular complexity index is 605. The maximum atomic E-state index is 13.9. The van der Waals surface area contributed by atoms with Gasteiger partial charge in [0, 0.05) is 18.7 Å². The molecule has 21 heavy (non-hydrogen) atoms. The van der Waals surface area contributed by atoms with Crippen LogP contribution < -0.4 is 0 Å². The monoisotopic (exact) mass is 287 g/mol. The molecule has 1 saturated heterocycles. The Hall–Kier alpha value is -1.86. The maximum Gasteiger partial charge on any atom is 0.253 e. The van der Waals surface area contributed by atoms with E-state index < -0.39 is 5.82 Å². The van der Waals surface area contributed by atoms with Crippen LogP contribution in [0.4, 0.5) is 4.39 Å². The van der Waals surface area contributed by atoms with Crippen molar-refractivity contribution in [3.05, 3.63) is 35.1 Å². The molecule has 2 aliphatic rings. The normalized spacial score (nSPS) is 23.6. The SMILES string of the molecule is O=C(c1ccc(C#CCO)c(F)c1)N1CC2CCCC2C1. The zero-order valence-corrected chi connectivity index (χ0v) is 11.8. The minimum absolute atomic E-state index is 0.0926. The van der Waals surface area contributed by atoms with E-state index in [1.54, 1.807) is 6.07 Å². The van der Waals surface area contributed by atoms with Crippen molar-refractivity contribution in [3.8, 4) is 11.8 Å². The summed E-state index contributed by atoms with van der Waals surface area (Å²) in [6, 6.07) is 4.36. The van der Waals surface area contributed by atoms with Gasteiger partial charge in [0.2, 0.25) is 0 Å². The highest BCUT2D eigenvalue weighted by molar-refractivity contribution is 5.94. The molecule has 2 unspecified atom stereocenters. The van der Waals surface area contributed by atoms with E-state index >= 15 is 0 Å². The first kappa shape index (κ1) is 14.1. The average molecular weight is 287 g/mol. The van der Waals surface area contributed by atoms with Crippen LogP contribution >= 0.6 is 0 Å². The summed E-state index contributed by atoms with van der Waals surface area (Å²) in [5.74, 6) is 5.60. The predicted molar refractivity (Wildman–Crippen MR) is 77.1 cm³/mol. The Morgan fingerprint density at radius 1 is 1.33 bits per heavy atom. The van der Waals surface area contributed by atoms with Crippen molar-refractivity contribution < 1.29 is 14.3 Å². The Balaban J connectivity index is 1.75. The van der Waals surface area contributed by atoms with Crippen LogP contribution in [0.15, 0.2) is 18.2 Å². The van der Waals surface area contributed by atoms with Crippen molar-refractivity contribution in [2.45, 2.75) is 19.3 Å². The first-order chi connectivity index (χ1) is 10.2. The third-order valence-corrected chi connectivity index (χ3v) is 4.53. The molecule has 0 aromatic heterocycles. The molecule has 1 aliphatic carbocycles. The van der Waals surface area contributed by atoms with E-state index in [9.17, 15) is 9.18 Å². The number of hydrogen-bond acceptors (Lipinski definition) is 2. The molecule has 2 atom stereocenters. The van der Waals surface area contributed by atoms with Gasteiger partial charge in [0.15, 0.2) is 0 Å². The van der Waals surface area contributed by atoms with Gasteiger partial charge in [-0.1, -0.05) is 18.3 Å². The predicted octanol–water partition coefficient (Wildman–Crippen LogP) is 2.04. The molecule has 4 heteroatoms. The molecular weight excluding hydrogens is 269 g/mol. The molecule has 1 amide bonds. The molecule has 0 bridgehead atoms. The van der Waals surface area contributed by atoms with Gasteiger partial charge in [-0.25, -0.2) is 4.39 Å². The second kappa shape index (κ2) is 5.87. The van der Waals surface area contributed by atoms with Crippen LogP contribution in [0.25, 0.3) is 0 Å². The summed E-state index contributed by atoms with van der Waals surface area (Å²) < 4.78 is 13.9. The summed E-state index contributed by atoms with van der Waals surface area (Å²) >= 11 is 0. The standard InChI is InChI=1S/C17H18FNO2/c18-16-9-13(7-6-12(16)5-2-8-20)17(21)19-10-14-3-1-4-15(14)11-19/h6-7,9,14-15,20H,1,3-4,8,10-11H2. The zero-order valence-electron chi connectivity index (χ0n) is 11.8. The smallest absolute Gasteiger partial charge is 0.253 e. The third-order valence-electron chi connectivity index (χ3n) is 4.53. The van der Waals surface area contributed by atoms with E-state index in [0.717, 1.165) is 13.1 Å². The number of rotatable bonds is 1. The average Bonchev–Trinajstić information content (AvgIpc) is 3.06. The van der Waals surface area contributed by atoms with E-state index in [2.05, 4.69) is 11.8 Å². The van der Waals surface area contributed by atoms with Crippen LogP contribution in [0.5, 0.6) is 0 Å². The quantitative estimate of drug-likeness (QED) is 0.803. The molecule has 2 fully saturated rings. The van der Waals surface area contributed by atoms with E-state index in [-0.39, 0.29) is 18.1 Å². The van der Waals surface area contributed by atoms with Gasteiger partial charge >= 0.3 is 0 Å². The number of amides is 1. The molecule has 1 aromatic rings. The molecule has 3 nitrogen and oxygen atoms in total. The van der Waals surface area contributed by atoms with Crippen LogP contribution in [-0.4, -0.2) is 35.6 Å². The molecule has 0 radical (unpaired) electrons. The fourth-order valence-corrected chi connectivity index (χ4v) is 3.47. The minimum atomic E-state index is -0.513. The van der Waals surface area contributed by atoms with Crippen molar-refractivity contribution in [3.63, 3.8) is 0 Å².